The zero-order valence-corrected chi connectivity index (χ0v) is 9.49. The number of rotatable bonds is 3. The van der Waals surface area contributed by atoms with Crippen molar-refractivity contribution in [2.45, 2.75) is 25.8 Å². The highest BCUT2D eigenvalue weighted by atomic mass is 16.1. The topological polar surface area (TPSA) is 25.2 Å². The molecule has 0 saturated heterocycles. The third-order valence-corrected chi connectivity index (χ3v) is 2.92. The molecule has 0 aliphatic heterocycles. The molecular weight excluding hydrogens is 188 g/mol. The number of fused-ring (bicyclic) bond motifs is 1. The Hall–Kier alpha value is -1.09. The number of carbonyl (C=O) groups excluding carboxylic acids is 1. The maximum atomic E-state index is 11.6. The number of likely N-dealkylation sites (N-methyl/N-ethyl adjacent to an activating group) is 1. The van der Waals surface area contributed by atoms with Gasteiger partial charge in [0, 0.05) is 37.5 Å². The van der Waals surface area contributed by atoms with Gasteiger partial charge in [-0.05, 0) is 32.5 Å². The summed E-state index contributed by atoms with van der Waals surface area (Å²) in [5, 5.41) is 0. The number of Topliss-reactive ketones (excluding diaryl/α,β-unsaturated/α-hetero) is 1. The molecule has 0 fully saturated rings. The molecule has 0 amide bonds. The maximum absolute atomic E-state index is 11.6. The molecule has 0 atom stereocenters. The molecule has 1 aliphatic rings. The lowest BCUT2D eigenvalue weighted by Gasteiger charge is -2.09. The lowest BCUT2D eigenvalue weighted by Crippen LogP contribution is -2.17. The molecule has 82 valence electrons. The van der Waals surface area contributed by atoms with Gasteiger partial charge < -0.3 is 9.47 Å². The minimum atomic E-state index is 0.319. The third-order valence-electron chi connectivity index (χ3n) is 2.92. The molecule has 0 unspecified atom stereocenters. The predicted octanol–water partition coefficient (Wildman–Crippen LogP) is 1.57. The van der Waals surface area contributed by atoms with E-state index in [1.807, 2.05) is 6.20 Å². The van der Waals surface area contributed by atoms with E-state index in [-0.39, 0.29) is 0 Å². The van der Waals surface area contributed by atoms with Gasteiger partial charge in [-0.1, -0.05) is 0 Å². The normalized spacial score (nSPS) is 15.8. The summed E-state index contributed by atoms with van der Waals surface area (Å²) in [5.41, 5.74) is 2.20. The number of carbonyl (C=O) groups is 1. The predicted molar refractivity (Wildman–Crippen MR) is 60.3 cm³/mol. The highest BCUT2D eigenvalue weighted by Gasteiger charge is 2.18. The van der Waals surface area contributed by atoms with Crippen LogP contribution in [0.3, 0.4) is 0 Å². The second kappa shape index (κ2) is 4.19. The molecule has 0 N–H and O–H groups in total. The van der Waals surface area contributed by atoms with Crippen LogP contribution in [0.2, 0.25) is 0 Å². The van der Waals surface area contributed by atoms with Crippen molar-refractivity contribution in [1.82, 2.24) is 9.47 Å². The van der Waals surface area contributed by atoms with Crippen LogP contribution in [-0.2, 0) is 13.0 Å². The fourth-order valence-electron chi connectivity index (χ4n) is 2.02. The van der Waals surface area contributed by atoms with Crippen molar-refractivity contribution in [3.63, 3.8) is 0 Å². The first kappa shape index (κ1) is 10.4. The van der Waals surface area contributed by atoms with Gasteiger partial charge in [-0.15, -0.1) is 0 Å². The van der Waals surface area contributed by atoms with E-state index in [9.17, 15) is 4.79 Å². The zero-order valence-electron chi connectivity index (χ0n) is 9.49. The van der Waals surface area contributed by atoms with E-state index >= 15 is 0 Å². The molecule has 0 aromatic carbocycles. The highest BCUT2D eigenvalue weighted by molar-refractivity contribution is 5.98. The van der Waals surface area contributed by atoms with Gasteiger partial charge in [0.2, 0.25) is 0 Å². The minimum Gasteiger partial charge on any atom is -0.352 e. The molecule has 0 saturated carbocycles. The van der Waals surface area contributed by atoms with Gasteiger partial charge in [0.05, 0.1) is 0 Å². The van der Waals surface area contributed by atoms with Crippen LogP contribution >= 0.6 is 0 Å². The monoisotopic (exact) mass is 206 g/mol. The largest absolute Gasteiger partial charge is 0.352 e. The van der Waals surface area contributed by atoms with Crippen molar-refractivity contribution < 1.29 is 4.79 Å². The van der Waals surface area contributed by atoms with Crippen LogP contribution in [0.25, 0.3) is 0 Å². The lowest BCUT2D eigenvalue weighted by atomic mass is 9.95. The van der Waals surface area contributed by atoms with E-state index in [1.54, 1.807) is 0 Å². The second-order valence-corrected chi connectivity index (χ2v) is 4.51. The molecular formula is C12H18N2O. The number of hydrogen-bond acceptors (Lipinski definition) is 2. The molecule has 3 nitrogen and oxygen atoms in total. The number of aryl methyl sites for hydroxylation is 1. The quantitative estimate of drug-likeness (QED) is 0.750. The Kier molecular flexibility index (Phi) is 2.91. The fourth-order valence-corrected chi connectivity index (χ4v) is 2.02. The van der Waals surface area contributed by atoms with Crippen LogP contribution in [0.15, 0.2) is 12.4 Å². The van der Waals surface area contributed by atoms with Crippen LogP contribution in [0, 0.1) is 0 Å². The Morgan fingerprint density at radius 1 is 1.33 bits per heavy atom. The molecule has 15 heavy (non-hydrogen) atoms. The smallest absolute Gasteiger partial charge is 0.164 e. The molecule has 1 aromatic heterocycles. The summed E-state index contributed by atoms with van der Waals surface area (Å²) >= 11 is 0. The molecule has 1 aromatic rings. The molecule has 0 radical (unpaired) electrons. The van der Waals surface area contributed by atoms with Gasteiger partial charge in [0.15, 0.2) is 5.78 Å². The number of nitrogens with zero attached hydrogens (tertiary/aromatic N) is 2. The summed E-state index contributed by atoms with van der Waals surface area (Å²) in [7, 11) is 4.13. The lowest BCUT2D eigenvalue weighted by molar-refractivity contribution is 0.0973. The second-order valence-electron chi connectivity index (χ2n) is 4.51. The van der Waals surface area contributed by atoms with Crippen molar-refractivity contribution in [3.8, 4) is 0 Å². The number of hydrogen-bond donors (Lipinski definition) is 0. The Morgan fingerprint density at radius 3 is 2.80 bits per heavy atom. The molecule has 1 heterocycles. The van der Waals surface area contributed by atoms with Gasteiger partial charge >= 0.3 is 0 Å². The van der Waals surface area contributed by atoms with Gasteiger partial charge in [-0.3, -0.25) is 4.79 Å². The van der Waals surface area contributed by atoms with Crippen LogP contribution in [0.4, 0.5) is 0 Å². The van der Waals surface area contributed by atoms with E-state index in [0.29, 0.717) is 5.78 Å². The van der Waals surface area contributed by atoms with Crippen molar-refractivity contribution in [1.29, 1.82) is 0 Å². The highest BCUT2D eigenvalue weighted by Crippen LogP contribution is 2.21. The summed E-state index contributed by atoms with van der Waals surface area (Å²) < 4.78 is 2.15. The van der Waals surface area contributed by atoms with Crippen molar-refractivity contribution in [2.24, 2.45) is 0 Å². The van der Waals surface area contributed by atoms with Crippen LogP contribution in [0.5, 0.6) is 0 Å². The minimum absolute atomic E-state index is 0.319. The van der Waals surface area contributed by atoms with E-state index in [1.165, 1.54) is 5.56 Å². The zero-order chi connectivity index (χ0) is 10.8. The summed E-state index contributed by atoms with van der Waals surface area (Å²) in [6.45, 7) is 1.98. The van der Waals surface area contributed by atoms with E-state index in [0.717, 1.165) is 37.9 Å². The Labute approximate surface area is 90.7 Å². The van der Waals surface area contributed by atoms with E-state index < -0.39 is 0 Å². The first-order valence-electron chi connectivity index (χ1n) is 5.53. The molecule has 3 heteroatoms. The first-order valence-corrected chi connectivity index (χ1v) is 5.53. The van der Waals surface area contributed by atoms with Crippen molar-refractivity contribution >= 4 is 5.78 Å². The number of aromatic nitrogens is 1. The molecule has 2 rings (SSSR count). The average molecular weight is 206 g/mol. The standard InChI is InChI=1S/C12H18N2O/c1-13(2)6-7-14-8-10-4-3-5-12(15)11(10)9-14/h8-9H,3-7H2,1-2H3. The average Bonchev–Trinajstić information content (AvgIpc) is 2.59. The van der Waals surface area contributed by atoms with Gasteiger partial charge in [0.1, 0.15) is 0 Å². The Morgan fingerprint density at radius 2 is 2.13 bits per heavy atom. The van der Waals surface area contributed by atoms with Crippen molar-refractivity contribution in [2.75, 3.05) is 20.6 Å². The Bertz CT molecular complexity index is 366. The SMILES string of the molecule is CN(C)CCn1cc2c(c1)C(=O)CCC2. The molecule has 0 spiro atoms. The van der Waals surface area contributed by atoms with Crippen LogP contribution in [-0.4, -0.2) is 35.9 Å². The van der Waals surface area contributed by atoms with Gasteiger partial charge in [0.25, 0.3) is 0 Å². The Balaban J connectivity index is 2.11. The summed E-state index contributed by atoms with van der Waals surface area (Å²) in [6.07, 6.45) is 6.96. The first-order chi connectivity index (χ1) is 7.16. The van der Waals surface area contributed by atoms with Crippen molar-refractivity contribution in [3.05, 3.63) is 23.5 Å². The number of ketones is 1. The summed E-state index contributed by atoms with van der Waals surface area (Å²) in [6, 6.07) is 0. The van der Waals surface area contributed by atoms with E-state index in [2.05, 4.69) is 29.8 Å². The summed E-state index contributed by atoms with van der Waals surface area (Å²) in [5.74, 6) is 0.319. The van der Waals surface area contributed by atoms with Crippen LogP contribution in [0.1, 0.15) is 28.8 Å². The molecule has 1 aliphatic carbocycles. The van der Waals surface area contributed by atoms with E-state index in [4.69, 9.17) is 0 Å². The third kappa shape index (κ3) is 2.29. The maximum Gasteiger partial charge on any atom is 0.164 e. The molecule has 0 bridgehead atoms. The summed E-state index contributed by atoms with van der Waals surface area (Å²) in [4.78, 5) is 13.8. The van der Waals surface area contributed by atoms with Gasteiger partial charge in [-0.25, -0.2) is 0 Å². The fraction of sp³-hybridized carbons (Fsp3) is 0.583. The van der Waals surface area contributed by atoms with Gasteiger partial charge in [-0.2, -0.15) is 0 Å². The van der Waals surface area contributed by atoms with Crippen LogP contribution < -0.4 is 0 Å².